The molecule has 0 aliphatic rings. The highest BCUT2D eigenvalue weighted by Crippen LogP contribution is 2.41. The van der Waals surface area contributed by atoms with Gasteiger partial charge in [-0.2, -0.15) is 0 Å². The van der Waals surface area contributed by atoms with E-state index in [-0.39, 0.29) is 0 Å². The van der Waals surface area contributed by atoms with Gasteiger partial charge in [0.15, 0.2) is 0 Å². The molecule has 37 heavy (non-hydrogen) atoms. The maximum atomic E-state index is 13.0. The van der Waals surface area contributed by atoms with Crippen LogP contribution in [0.25, 0.3) is 33.4 Å². The second-order valence-electron chi connectivity index (χ2n) is 9.54. The van der Waals surface area contributed by atoms with Crippen LogP contribution < -0.4 is 21.3 Å². The molecular weight excluding hydrogens is 460 g/mol. The summed E-state index contributed by atoms with van der Waals surface area (Å²) in [5.74, 6) is -0.965. The number of rotatable bonds is 7. The number of hydrogen-bond acceptors (Lipinski definition) is 4. The van der Waals surface area contributed by atoms with E-state index >= 15 is 0 Å². The van der Waals surface area contributed by atoms with Crippen LogP contribution in [0.3, 0.4) is 0 Å². The summed E-state index contributed by atoms with van der Waals surface area (Å²) in [7, 11) is 7.94. The van der Waals surface area contributed by atoms with Gasteiger partial charge in [0.25, 0.3) is 0 Å². The molecule has 0 unspecified atom stereocenters. The Morgan fingerprint density at radius 3 is 1.46 bits per heavy atom. The summed E-state index contributed by atoms with van der Waals surface area (Å²) in [6, 6.07) is 25.3. The molecule has 0 aliphatic carbocycles. The number of nitrogens with two attached hydrogens (primary N) is 2. The third kappa shape index (κ3) is 5.05. The van der Waals surface area contributed by atoms with Crippen LogP contribution in [0.2, 0.25) is 0 Å². The first-order chi connectivity index (χ1) is 17.6. The Morgan fingerprint density at radius 1 is 0.595 bits per heavy atom. The maximum Gasteiger partial charge on any atom is 0.249 e. The number of hydrogen-bond donors (Lipinski definition) is 2. The Labute approximate surface area is 218 Å². The van der Waals surface area contributed by atoms with Crippen LogP contribution >= 0.6 is 0 Å². The highest BCUT2D eigenvalue weighted by molar-refractivity contribution is 6.08. The number of nitrogens with zero attached hydrogens (tertiary/aromatic N) is 2. The number of amides is 2. The lowest BCUT2D eigenvalue weighted by atomic mass is 9.83. The van der Waals surface area contributed by atoms with Gasteiger partial charge in [-0.05, 0) is 88.3 Å². The molecule has 0 atom stereocenters. The van der Waals surface area contributed by atoms with Crippen molar-refractivity contribution in [2.75, 3.05) is 38.0 Å². The van der Waals surface area contributed by atoms with E-state index in [4.69, 9.17) is 11.5 Å². The van der Waals surface area contributed by atoms with Gasteiger partial charge < -0.3 is 21.3 Å². The van der Waals surface area contributed by atoms with E-state index in [1.807, 2.05) is 112 Å². The van der Waals surface area contributed by atoms with E-state index in [0.717, 1.165) is 50.3 Å². The van der Waals surface area contributed by atoms with Gasteiger partial charge in [0, 0.05) is 45.1 Å². The summed E-state index contributed by atoms with van der Waals surface area (Å²) in [4.78, 5) is 28.7. The Bertz CT molecular complexity index is 1450. The molecule has 0 aromatic heterocycles. The molecule has 0 bridgehead atoms. The first kappa shape index (κ1) is 25.5. The van der Waals surface area contributed by atoms with Gasteiger partial charge in [-0.15, -0.1) is 0 Å². The van der Waals surface area contributed by atoms with Gasteiger partial charge >= 0.3 is 0 Å². The molecule has 0 spiro atoms. The van der Waals surface area contributed by atoms with Crippen LogP contribution in [-0.2, 0) is 0 Å². The molecule has 0 fully saturated rings. The third-order valence-corrected chi connectivity index (χ3v) is 6.68. The molecule has 4 rings (SSSR count). The first-order valence-corrected chi connectivity index (χ1v) is 12.0. The quantitative estimate of drug-likeness (QED) is 0.365. The molecule has 0 saturated heterocycles. The van der Waals surface area contributed by atoms with Gasteiger partial charge in [0.1, 0.15) is 0 Å². The molecule has 4 N–H and O–H groups in total. The lowest BCUT2D eigenvalue weighted by Crippen LogP contribution is -2.16. The summed E-state index contributed by atoms with van der Waals surface area (Å²) < 4.78 is 0. The van der Waals surface area contributed by atoms with Gasteiger partial charge in [-0.3, -0.25) is 9.59 Å². The molecule has 4 aromatic carbocycles. The minimum absolute atomic E-state index is 0.439. The molecule has 0 aliphatic heterocycles. The zero-order chi connectivity index (χ0) is 26.9. The molecule has 0 heterocycles. The van der Waals surface area contributed by atoms with Crippen molar-refractivity contribution >= 4 is 23.2 Å². The second kappa shape index (κ2) is 10.2. The number of primary amides is 2. The number of benzene rings is 4. The summed E-state index contributed by atoms with van der Waals surface area (Å²) in [6.07, 6.45) is 0. The van der Waals surface area contributed by atoms with Crippen LogP contribution in [0, 0.1) is 6.92 Å². The first-order valence-electron chi connectivity index (χ1n) is 12.0. The standard InChI is InChI=1S/C31H32N4O2/c1-19-26(20-6-8-23(9-7-20)30(32)36)18-27(21-10-14-24(15-11-21)34(2)3)29(31(33)37)28(19)22-12-16-25(17-13-22)35(4)5/h6-18H,1-5H3,(H2,32,36)(H2,33,37). The highest BCUT2D eigenvalue weighted by Gasteiger charge is 2.22. The van der Waals surface area contributed by atoms with Crippen LogP contribution in [0.4, 0.5) is 11.4 Å². The lowest BCUT2D eigenvalue weighted by Gasteiger charge is -2.21. The van der Waals surface area contributed by atoms with E-state index in [1.54, 1.807) is 12.1 Å². The van der Waals surface area contributed by atoms with Crippen molar-refractivity contribution in [3.8, 4) is 33.4 Å². The van der Waals surface area contributed by atoms with E-state index in [2.05, 4.69) is 0 Å². The smallest absolute Gasteiger partial charge is 0.249 e. The van der Waals surface area contributed by atoms with Crippen molar-refractivity contribution in [3.05, 3.63) is 95.6 Å². The molecule has 4 aromatic rings. The van der Waals surface area contributed by atoms with E-state index in [0.29, 0.717) is 11.1 Å². The van der Waals surface area contributed by atoms with Crippen LogP contribution in [0.15, 0.2) is 78.9 Å². The van der Waals surface area contributed by atoms with E-state index < -0.39 is 11.8 Å². The average molecular weight is 493 g/mol. The predicted molar refractivity (Wildman–Crippen MR) is 153 cm³/mol. The van der Waals surface area contributed by atoms with Crippen molar-refractivity contribution in [2.45, 2.75) is 6.92 Å². The molecule has 2 amide bonds. The Balaban J connectivity index is 2.03. The van der Waals surface area contributed by atoms with Crippen molar-refractivity contribution < 1.29 is 9.59 Å². The van der Waals surface area contributed by atoms with Crippen LogP contribution in [-0.4, -0.2) is 40.0 Å². The topological polar surface area (TPSA) is 92.7 Å². The summed E-state index contributed by atoms with van der Waals surface area (Å²) in [6.45, 7) is 2.00. The van der Waals surface area contributed by atoms with Crippen molar-refractivity contribution in [2.24, 2.45) is 11.5 Å². The summed E-state index contributed by atoms with van der Waals surface area (Å²) in [5.41, 5.74) is 20.6. The minimum atomic E-state index is -0.489. The van der Waals surface area contributed by atoms with Gasteiger partial charge in [0.05, 0.1) is 5.56 Å². The number of carbonyl (C=O) groups excluding carboxylic acids is 2. The van der Waals surface area contributed by atoms with Crippen LogP contribution in [0.5, 0.6) is 0 Å². The van der Waals surface area contributed by atoms with Gasteiger partial charge in [-0.25, -0.2) is 0 Å². The monoisotopic (exact) mass is 492 g/mol. The summed E-state index contributed by atoms with van der Waals surface area (Å²) >= 11 is 0. The summed E-state index contributed by atoms with van der Waals surface area (Å²) in [5, 5.41) is 0. The number of anilines is 2. The normalized spacial score (nSPS) is 10.7. The highest BCUT2D eigenvalue weighted by atomic mass is 16.1. The zero-order valence-electron chi connectivity index (χ0n) is 21.9. The number of carbonyl (C=O) groups is 2. The van der Waals surface area contributed by atoms with Gasteiger partial charge in [0.2, 0.25) is 11.8 Å². The molecule has 6 nitrogen and oxygen atoms in total. The molecule has 0 radical (unpaired) electrons. The molecule has 188 valence electrons. The van der Waals surface area contributed by atoms with Gasteiger partial charge in [-0.1, -0.05) is 36.4 Å². The average Bonchev–Trinajstić information content (AvgIpc) is 2.88. The Hall–Kier alpha value is -4.58. The Morgan fingerprint density at radius 2 is 1.03 bits per heavy atom. The van der Waals surface area contributed by atoms with Crippen molar-refractivity contribution in [3.63, 3.8) is 0 Å². The second-order valence-corrected chi connectivity index (χ2v) is 9.54. The molecule has 0 saturated carbocycles. The van der Waals surface area contributed by atoms with Crippen LogP contribution in [0.1, 0.15) is 26.3 Å². The maximum absolute atomic E-state index is 13.0. The fraction of sp³-hybridized carbons (Fsp3) is 0.161. The fourth-order valence-electron chi connectivity index (χ4n) is 4.61. The third-order valence-electron chi connectivity index (χ3n) is 6.68. The van der Waals surface area contributed by atoms with E-state index in [1.165, 1.54) is 0 Å². The zero-order valence-corrected chi connectivity index (χ0v) is 21.9. The largest absolute Gasteiger partial charge is 0.378 e. The predicted octanol–water partition coefficient (Wildman–Crippen LogP) is 5.33. The Kier molecular flexibility index (Phi) is 7.02. The SMILES string of the molecule is Cc1c(-c2ccc(C(N)=O)cc2)cc(-c2ccc(N(C)C)cc2)c(C(N)=O)c1-c1ccc(N(C)C)cc1. The lowest BCUT2D eigenvalue weighted by molar-refractivity contribution is 0.0992. The fourth-order valence-corrected chi connectivity index (χ4v) is 4.61. The minimum Gasteiger partial charge on any atom is -0.378 e. The van der Waals surface area contributed by atoms with Crippen molar-refractivity contribution in [1.29, 1.82) is 0 Å². The molecule has 6 heteroatoms. The van der Waals surface area contributed by atoms with E-state index in [9.17, 15) is 9.59 Å². The molecular formula is C31H32N4O2. The van der Waals surface area contributed by atoms with Crippen molar-refractivity contribution in [1.82, 2.24) is 0 Å².